The topological polar surface area (TPSA) is 50.8 Å². The van der Waals surface area contributed by atoms with Gasteiger partial charge in [-0.1, -0.05) is 13.3 Å². The van der Waals surface area contributed by atoms with Crippen molar-refractivity contribution in [1.29, 1.82) is 0 Å². The normalized spacial score (nSPS) is 10.3. The van der Waals surface area contributed by atoms with Crippen molar-refractivity contribution in [1.82, 2.24) is 0 Å². The van der Waals surface area contributed by atoms with Crippen molar-refractivity contribution < 1.29 is 19.4 Å². The highest BCUT2D eigenvalue weighted by molar-refractivity contribution is 7.94. The lowest BCUT2D eigenvalue weighted by Crippen LogP contribution is -2.00. The first-order valence-corrected chi connectivity index (χ1v) is 5.47. The van der Waals surface area contributed by atoms with Gasteiger partial charge >= 0.3 is 0 Å². The average molecular weight is 229 g/mol. The number of unbranched alkanes of at least 4 members (excludes halogenated alkanes) is 1. The molecule has 1 aromatic carbocycles. The first-order chi connectivity index (χ1) is 7.36. The van der Waals surface area contributed by atoms with Crippen molar-refractivity contribution in [2.45, 2.75) is 24.7 Å². The molecule has 0 aliphatic carbocycles. The minimum atomic E-state index is 0.725. The van der Waals surface area contributed by atoms with Crippen LogP contribution in [0.15, 0.2) is 29.2 Å². The second-order valence-electron chi connectivity index (χ2n) is 2.89. The van der Waals surface area contributed by atoms with Gasteiger partial charge in [0.25, 0.3) is 0 Å². The Morgan fingerprint density at radius 2 is 2.00 bits per heavy atom. The van der Waals surface area contributed by atoms with Crippen LogP contribution in [0.25, 0.3) is 0 Å². The molecule has 1 aromatic rings. The van der Waals surface area contributed by atoms with Crippen LogP contribution in [0, 0.1) is 0 Å². The van der Waals surface area contributed by atoms with Gasteiger partial charge in [-0.2, -0.15) is 4.33 Å². The standard InChI is InChI=1S/C10H14O4S/c1-2-3-8-12-9-4-6-10(7-5-9)15-14-13-11/h4-7,11H,2-3,8H2,1H3/p-1. The van der Waals surface area contributed by atoms with E-state index in [2.05, 4.69) is 16.3 Å². The van der Waals surface area contributed by atoms with Crippen molar-refractivity contribution in [2.24, 2.45) is 0 Å². The van der Waals surface area contributed by atoms with Gasteiger partial charge in [0.05, 0.1) is 18.6 Å². The average Bonchev–Trinajstić information content (AvgIpc) is 2.28. The summed E-state index contributed by atoms with van der Waals surface area (Å²) in [6.07, 6.45) is 2.16. The molecule has 1 rings (SSSR count). The zero-order chi connectivity index (χ0) is 10.9. The first-order valence-electron chi connectivity index (χ1n) is 4.73. The minimum absolute atomic E-state index is 0.725. The van der Waals surface area contributed by atoms with E-state index in [-0.39, 0.29) is 0 Å². The largest absolute Gasteiger partial charge is 0.691 e. The zero-order valence-corrected chi connectivity index (χ0v) is 9.29. The molecular formula is C10H13O4S-. The third-order valence-corrected chi connectivity index (χ3v) is 2.34. The summed E-state index contributed by atoms with van der Waals surface area (Å²) >= 11 is 0.867. The fourth-order valence-electron chi connectivity index (χ4n) is 0.979. The Bertz CT molecular complexity index is 263. The molecule has 0 aromatic heterocycles. The third kappa shape index (κ3) is 5.03. The highest BCUT2D eigenvalue weighted by Gasteiger charge is 1.96. The van der Waals surface area contributed by atoms with Gasteiger partial charge in [-0.25, -0.2) is 0 Å². The predicted octanol–water partition coefficient (Wildman–Crippen LogP) is 2.10. The third-order valence-electron chi connectivity index (χ3n) is 1.75. The molecule has 0 aliphatic heterocycles. The molecule has 5 heteroatoms. The summed E-state index contributed by atoms with van der Waals surface area (Å²) in [7, 11) is 0. The van der Waals surface area contributed by atoms with Crippen LogP contribution < -0.4 is 9.99 Å². The second-order valence-corrected chi connectivity index (χ2v) is 3.67. The number of benzene rings is 1. The van der Waals surface area contributed by atoms with E-state index in [1.54, 1.807) is 12.1 Å². The molecule has 0 amide bonds. The Morgan fingerprint density at radius 1 is 1.27 bits per heavy atom. The monoisotopic (exact) mass is 229 g/mol. The molecule has 0 aliphatic rings. The molecule has 0 heterocycles. The van der Waals surface area contributed by atoms with Crippen LogP contribution in [0.3, 0.4) is 0 Å². The van der Waals surface area contributed by atoms with E-state index in [1.807, 2.05) is 12.1 Å². The number of rotatable bonds is 7. The molecule has 4 nitrogen and oxygen atoms in total. The Hall–Kier alpha value is -0.750. The summed E-state index contributed by atoms with van der Waals surface area (Å²) in [5, 5.41) is 12.8. The second kappa shape index (κ2) is 7.53. The zero-order valence-electron chi connectivity index (χ0n) is 8.47. The summed E-state index contributed by atoms with van der Waals surface area (Å²) in [6.45, 7) is 2.84. The van der Waals surface area contributed by atoms with Crippen molar-refractivity contribution in [3.05, 3.63) is 24.3 Å². The summed E-state index contributed by atoms with van der Waals surface area (Å²) in [5.41, 5.74) is 0. The number of ether oxygens (including phenoxy) is 1. The van der Waals surface area contributed by atoms with Gasteiger partial charge in [-0.3, -0.25) is 5.04 Å². The van der Waals surface area contributed by atoms with Crippen LogP contribution in [-0.2, 0) is 9.37 Å². The summed E-state index contributed by atoms with van der Waals surface area (Å²) in [5.74, 6) is 0.816. The van der Waals surface area contributed by atoms with Crippen LogP contribution in [-0.4, -0.2) is 6.61 Å². The van der Waals surface area contributed by atoms with Gasteiger partial charge in [0.1, 0.15) is 5.75 Å². The van der Waals surface area contributed by atoms with Crippen LogP contribution in [0.1, 0.15) is 19.8 Å². The summed E-state index contributed by atoms with van der Waals surface area (Å²) in [6, 6.07) is 7.24. The van der Waals surface area contributed by atoms with E-state index < -0.39 is 0 Å². The Morgan fingerprint density at radius 3 is 2.60 bits per heavy atom. The molecule has 0 unspecified atom stereocenters. The minimum Gasteiger partial charge on any atom is -0.691 e. The van der Waals surface area contributed by atoms with E-state index in [0.29, 0.717) is 0 Å². The van der Waals surface area contributed by atoms with Crippen LogP contribution in [0.5, 0.6) is 5.75 Å². The molecule has 15 heavy (non-hydrogen) atoms. The number of hydrogen-bond acceptors (Lipinski definition) is 5. The Balaban J connectivity index is 2.35. The molecule has 0 spiro atoms. The molecular weight excluding hydrogens is 216 g/mol. The maximum absolute atomic E-state index is 9.58. The van der Waals surface area contributed by atoms with Gasteiger partial charge in [0, 0.05) is 4.90 Å². The smallest absolute Gasteiger partial charge is 0.119 e. The summed E-state index contributed by atoms with van der Waals surface area (Å²) in [4.78, 5) is 0.786. The SMILES string of the molecule is CCCCOc1ccc(SOO[O-])cc1. The van der Waals surface area contributed by atoms with Crippen molar-refractivity contribution >= 4 is 12.0 Å². The fraction of sp³-hybridized carbons (Fsp3) is 0.400. The lowest BCUT2D eigenvalue weighted by Gasteiger charge is -2.06. The van der Waals surface area contributed by atoms with Gasteiger partial charge in [-0.15, -0.1) is 0 Å². The molecule has 0 fully saturated rings. The highest BCUT2D eigenvalue weighted by Crippen LogP contribution is 2.21. The Kier molecular flexibility index (Phi) is 6.18. The Labute approximate surface area is 93.2 Å². The lowest BCUT2D eigenvalue weighted by atomic mass is 10.3. The molecule has 0 saturated carbocycles. The number of hydrogen-bond donors (Lipinski definition) is 0. The molecule has 0 bridgehead atoms. The molecule has 0 saturated heterocycles. The molecule has 84 valence electrons. The quantitative estimate of drug-likeness (QED) is 0.310. The van der Waals surface area contributed by atoms with E-state index in [0.717, 1.165) is 42.1 Å². The van der Waals surface area contributed by atoms with Gasteiger partial charge in [0.15, 0.2) is 0 Å². The van der Waals surface area contributed by atoms with Gasteiger partial charge in [-0.05, 0) is 30.7 Å². The van der Waals surface area contributed by atoms with Crippen LogP contribution in [0.4, 0.5) is 0 Å². The maximum atomic E-state index is 9.58. The highest BCUT2D eigenvalue weighted by atomic mass is 32.2. The van der Waals surface area contributed by atoms with E-state index in [4.69, 9.17) is 4.74 Å². The lowest BCUT2D eigenvalue weighted by molar-refractivity contribution is -0.777. The van der Waals surface area contributed by atoms with Crippen molar-refractivity contribution in [2.75, 3.05) is 6.61 Å². The van der Waals surface area contributed by atoms with Gasteiger partial charge in [0.2, 0.25) is 0 Å². The molecule has 0 atom stereocenters. The van der Waals surface area contributed by atoms with E-state index >= 15 is 0 Å². The maximum Gasteiger partial charge on any atom is 0.119 e. The predicted molar refractivity (Wildman–Crippen MR) is 54.9 cm³/mol. The first kappa shape index (κ1) is 12.3. The van der Waals surface area contributed by atoms with Crippen LogP contribution >= 0.6 is 12.0 Å². The van der Waals surface area contributed by atoms with E-state index in [1.165, 1.54) is 0 Å². The van der Waals surface area contributed by atoms with Crippen LogP contribution in [0.2, 0.25) is 0 Å². The van der Waals surface area contributed by atoms with Crippen molar-refractivity contribution in [3.63, 3.8) is 0 Å². The van der Waals surface area contributed by atoms with Gasteiger partial charge < -0.3 is 9.99 Å². The molecule has 0 N–H and O–H groups in total. The van der Waals surface area contributed by atoms with E-state index in [9.17, 15) is 5.26 Å². The fourth-order valence-corrected chi connectivity index (χ4v) is 1.33. The summed E-state index contributed by atoms with van der Waals surface area (Å²) < 4.78 is 9.64. The molecule has 0 radical (unpaired) electrons. The van der Waals surface area contributed by atoms with Crippen molar-refractivity contribution in [3.8, 4) is 5.75 Å².